The van der Waals surface area contributed by atoms with Crippen LogP contribution in [-0.2, 0) is 19.5 Å². The third kappa shape index (κ3) is 4.40. The van der Waals surface area contributed by atoms with Crippen LogP contribution in [0.15, 0.2) is 9.79 Å². The monoisotopic (exact) mass is 366 g/mol. The van der Waals surface area contributed by atoms with Crippen molar-refractivity contribution in [1.29, 1.82) is 0 Å². The van der Waals surface area contributed by atoms with E-state index in [0.717, 1.165) is 69.4 Å². The van der Waals surface area contributed by atoms with E-state index in [-0.39, 0.29) is 5.69 Å². The van der Waals surface area contributed by atoms with Crippen molar-refractivity contribution in [2.24, 2.45) is 4.99 Å². The van der Waals surface area contributed by atoms with Gasteiger partial charge in [-0.2, -0.15) is 16.9 Å². The molecule has 2 aliphatic rings. The molecule has 140 valence electrons. The lowest BCUT2D eigenvalue weighted by molar-refractivity contribution is 0.406. The average molecular weight is 367 g/mol. The van der Waals surface area contributed by atoms with Crippen molar-refractivity contribution >= 4 is 17.7 Å². The molecule has 1 aromatic rings. The second-order valence-electron chi connectivity index (χ2n) is 6.71. The summed E-state index contributed by atoms with van der Waals surface area (Å²) in [7, 11) is 1.85. The van der Waals surface area contributed by atoms with Crippen LogP contribution in [0, 0.1) is 0 Å². The molecule has 1 atom stereocenters. The molecular formula is C17H30N6OS. The summed E-state index contributed by atoms with van der Waals surface area (Å²) in [4.78, 5) is 19.1. The van der Waals surface area contributed by atoms with E-state index < -0.39 is 0 Å². The Balaban J connectivity index is 1.47. The zero-order chi connectivity index (χ0) is 17.6. The molecule has 0 spiro atoms. The van der Waals surface area contributed by atoms with E-state index in [2.05, 4.69) is 39.0 Å². The highest BCUT2D eigenvalue weighted by atomic mass is 32.2. The maximum absolute atomic E-state index is 12.3. The molecule has 1 N–H and O–H groups in total. The van der Waals surface area contributed by atoms with Crippen molar-refractivity contribution in [1.82, 2.24) is 24.6 Å². The Morgan fingerprint density at radius 2 is 2.28 bits per heavy atom. The van der Waals surface area contributed by atoms with Crippen molar-refractivity contribution in [2.45, 2.75) is 57.4 Å². The number of aromatic nitrogens is 3. The normalized spacial score (nSPS) is 21.3. The highest BCUT2D eigenvalue weighted by Crippen LogP contribution is 2.20. The van der Waals surface area contributed by atoms with E-state index in [1.54, 1.807) is 4.68 Å². The van der Waals surface area contributed by atoms with Crippen molar-refractivity contribution in [3.8, 4) is 0 Å². The summed E-state index contributed by atoms with van der Waals surface area (Å²) < 4.78 is 3.47. The number of thioether (sulfide) groups is 1. The van der Waals surface area contributed by atoms with Crippen LogP contribution in [0.1, 0.15) is 38.4 Å². The van der Waals surface area contributed by atoms with E-state index in [0.29, 0.717) is 11.8 Å². The molecular weight excluding hydrogens is 336 g/mol. The van der Waals surface area contributed by atoms with E-state index in [1.165, 1.54) is 6.42 Å². The molecule has 1 saturated heterocycles. The number of aliphatic imine (C=N–C) groups is 1. The Hall–Kier alpha value is -1.44. The van der Waals surface area contributed by atoms with E-state index in [1.807, 2.05) is 11.6 Å². The molecule has 0 bridgehead atoms. The lowest BCUT2D eigenvalue weighted by Gasteiger charge is -2.34. The zero-order valence-electron chi connectivity index (χ0n) is 15.4. The van der Waals surface area contributed by atoms with Gasteiger partial charge in [-0.05, 0) is 25.7 Å². The number of rotatable bonds is 5. The highest BCUT2D eigenvalue weighted by Gasteiger charge is 2.21. The molecule has 2 aliphatic heterocycles. The zero-order valence-corrected chi connectivity index (χ0v) is 16.2. The van der Waals surface area contributed by atoms with Gasteiger partial charge in [0.2, 0.25) is 0 Å². The first-order valence-corrected chi connectivity index (χ1v) is 10.5. The van der Waals surface area contributed by atoms with Gasteiger partial charge in [0.05, 0.1) is 0 Å². The van der Waals surface area contributed by atoms with Gasteiger partial charge < -0.3 is 10.2 Å². The van der Waals surface area contributed by atoms with Gasteiger partial charge >= 0.3 is 5.69 Å². The predicted octanol–water partition coefficient (Wildman–Crippen LogP) is 1.17. The summed E-state index contributed by atoms with van der Waals surface area (Å²) in [5.41, 5.74) is 0.0536. The number of guanidine groups is 1. The molecule has 1 unspecified atom stereocenters. The van der Waals surface area contributed by atoms with Crippen LogP contribution in [0.3, 0.4) is 0 Å². The molecule has 0 radical (unpaired) electrons. The van der Waals surface area contributed by atoms with Gasteiger partial charge in [-0.25, -0.2) is 9.48 Å². The van der Waals surface area contributed by atoms with Crippen LogP contribution in [0.5, 0.6) is 0 Å². The first kappa shape index (κ1) is 18.4. The fraction of sp³-hybridized carbons (Fsp3) is 0.824. The van der Waals surface area contributed by atoms with Gasteiger partial charge in [-0.3, -0.25) is 9.56 Å². The van der Waals surface area contributed by atoms with E-state index in [9.17, 15) is 4.79 Å². The van der Waals surface area contributed by atoms with Crippen LogP contribution in [0.25, 0.3) is 0 Å². The lowest BCUT2D eigenvalue weighted by Crippen LogP contribution is -2.48. The van der Waals surface area contributed by atoms with Gasteiger partial charge in [0.1, 0.15) is 5.82 Å². The quantitative estimate of drug-likeness (QED) is 0.481. The minimum Gasteiger partial charge on any atom is -0.356 e. The number of nitrogens with zero attached hydrogens (tertiary/aromatic N) is 5. The highest BCUT2D eigenvalue weighted by molar-refractivity contribution is 8.00. The van der Waals surface area contributed by atoms with Crippen molar-refractivity contribution in [2.75, 3.05) is 32.4 Å². The van der Waals surface area contributed by atoms with Crippen LogP contribution in [-0.4, -0.2) is 62.9 Å². The average Bonchev–Trinajstić information content (AvgIpc) is 2.98. The van der Waals surface area contributed by atoms with E-state index >= 15 is 0 Å². The summed E-state index contributed by atoms with van der Waals surface area (Å²) in [6, 6.07) is 0. The number of nitrogens with one attached hydrogen (secondary N) is 1. The minimum absolute atomic E-state index is 0.0536. The third-order valence-electron chi connectivity index (χ3n) is 4.97. The summed E-state index contributed by atoms with van der Waals surface area (Å²) in [6.07, 6.45) is 5.23. The molecule has 3 rings (SSSR count). The third-order valence-corrected chi connectivity index (χ3v) is 6.34. The molecule has 0 aromatic carbocycles. The Morgan fingerprint density at radius 1 is 1.40 bits per heavy atom. The first-order valence-electron chi connectivity index (χ1n) is 9.46. The standard InChI is InChI=1S/C17H30N6OS/c1-3-14-13-21(11-12-25-14)16(18-2)19-8-6-10-23-17(24)22-9-5-4-7-15(22)20-23/h14H,3-13H2,1-2H3,(H,18,19). The number of hydrogen-bond acceptors (Lipinski definition) is 4. The van der Waals surface area contributed by atoms with Crippen LogP contribution in [0.2, 0.25) is 0 Å². The second kappa shape index (κ2) is 8.78. The lowest BCUT2D eigenvalue weighted by atomic mass is 10.2. The molecule has 0 saturated carbocycles. The number of aryl methyl sites for hydroxylation is 2. The van der Waals surface area contributed by atoms with Gasteiger partial charge in [-0.1, -0.05) is 6.92 Å². The first-order chi connectivity index (χ1) is 12.2. The second-order valence-corrected chi connectivity index (χ2v) is 8.11. The molecule has 1 aromatic heterocycles. The van der Waals surface area contributed by atoms with Gasteiger partial charge in [0, 0.05) is 57.2 Å². The van der Waals surface area contributed by atoms with Crippen molar-refractivity contribution in [3.63, 3.8) is 0 Å². The predicted molar refractivity (Wildman–Crippen MR) is 104 cm³/mol. The molecule has 3 heterocycles. The largest absolute Gasteiger partial charge is 0.356 e. The minimum atomic E-state index is 0.0536. The fourth-order valence-electron chi connectivity index (χ4n) is 3.51. The summed E-state index contributed by atoms with van der Waals surface area (Å²) in [5.74, 6) is 3.10. The van der Waals surface area contributed by atoms with Gasteiger partial charge in [-0.15, -0.1) is 0 Å². The summed E-state index contributed by atoms with van der Waals surface area (Å²) in [5, 5.41) is 8.64. The van der Waals surface area contributed by atoms with Crippen molar-refractivity contribution < 1.29 is 0 Å². The van der Waals surface area contributed by atoms with Gasteiger partial charge in [0.15, 0.2) is 5.96 Å². The Bertz CT molecular complexity index is 652. The molecule has 7 nitrogen and oxygen atoms in total. The maximum Gasteiger partial charge on any atom is 0.345 e. The van der Waals surface area contributed by atoms with Crippen LogP contribution in [0.4, 0.5) is 0 Å². The number of hydrogen-bond donors (Lipinski definition) is 1. The molecule has 0 amide bonds. The molecule has 25 heavy (non-hydrogen) atoms. The molecule has 8 heteroatoms. The van der Waals surface area contributed by atoms with Crippen LogP contribution >= 0.6 is 11.8 Å². The van der Waals surface area contributed by atoms with E-state index in [4.69, 9.17) is 0 Å². The van der Waals surface area contributed by atoms with Gasteiger partial charge in [0.25, 0.3) is 0 Å². The summed E-state index contributed by atoms with van der Waals surface area (Å²) >= 11 is 2.06. The number of fused-ring (bicyclic) bond motifs is 1. The maximum atomic E-state index is 12.3. The van der Waals surface area contributed by atoms with Crippen LogP contribution < -0.4 is 11.0 Å². The molecule has 1 fully saturated rings. The summed E-state index contributed by atoms with van der Waals surface area (Å²) in [6.45, 7) is 6.66. The Morgan fingerprint density at radius 3 is 3.04 bits per heavy atom. The molecule has 0 aliphatic carbocycles. The Labute approximate surface area is 153 Å². The van der Waals surface area contributed by atoms with Crippen molar-refractivity contribution in [3.05, 3.63) is 16.3 Å². The smallest absolute Gasteiger partial charge is 0.345 e. The SMILES string of the molecule is CCC1CN(C(=NC)NCCCn2nc3n(c2=O)CCCC3)CCS1. The fourth-order valence-corrected chi connectivity index (χ4v) is 4.69. The topological polar surface area (TPSA) is 67.5 Å². The Kier molecular flexibility index (Phi) is 6.45.